The lowest BCUT2D eigenvalue weighted by Gasteiger charge is -2.26. The number of aryl methyl sites for hydroxylation is 1. The lowest BCUT2D eigenvalue weighted by molar-refractivity contribution is -0.0502. The normalized spacial score (nSPS) is 12.9. The fourth-order valence-corrected chi connectivity index (χ4v) is 2.27. The van der Waals surface area contributed by atoms with Crippen LogP contribution < -0.4 is 15.4 Å². The molecule has 2 amide bonds. The minimum Gasteiger partial charge on any atom is -0.434 e. The summed E-state index contributed by atoms with van der Waals surface area (Å²) >= 11 is 0. The van der Waals surface area contributed by atoms with Crippen LogP contribution in [0.4, 0.5) is 19.3 Å². The van der Waals surface area contributed by atoms with E-state index in [9.17, 15) is 18.7 Å². The molecule has 3 N–H and O–H groups in total. The Bertz CT molecular complexity index is 534. The average Bonchev–Trinajstić information content (AvgIpc) is 2.38. The third-order valence-electron chi connectivity index (χ3n) is 3.24. The Hall–Kier alpha value is -1.89. The molecule has 1 unspecified atom stereocenters. The quantitative estimate of drug-likeness (QED) is 0.716. The number of aliphatic hydroxyl groups is 1. The van der Waals surface area contributed by atoms with Gasteiger partial charge in [0.1, 0.15) is 5.75 Å². The van der Waals surface area contributed by atoms with Crippen LogP contribution >= 0.6 is 0 Å². The summed E-state index contributed by atoms with van der Waals surface area (Å²) in [5, 5.41) is 14.7. The molecule has 5 nitrogen and oxygen atoms in total. The van der Waals surface area contributed by atoms with Gasteiger partial charge in [-0.05, 0) is 37.3 Å². The van der Waals surface area contributed by atoms with Gasteiger partial charge < -0.3 is 20.5 Å². The van der Waals surface area contributed by atoms with Gasteiger partial charge in [0.05, 0.1) is 6.10 Å². The number of alkyl halides is 2. The van der Waals surface area contributed by atoms with Crippen LogP contribution in [0, 0.1) is 12.3 Å². The van der Waals surface area contributed by atoms with Crippen molar-refractivity contribution in [3.63, 3.8) is 0 Å². The number of aliphatic hydroxyl groups excluding tert-OH is 1. The fraction of sp³-hybridized carbons (Fsp3) is 0.562. The van der Waals surface area contributed by atoms with Crippen molar-refractivity contribution in [1.82, 2.24) is 5.32 Å². The highest BCUT2D eigenvalue weighted by Gasteiger charge is 2.21. The van der Waals surface area contributed by atoms with Crippen molar-refractivity contribution in [1.29, 1.82) is 0 Å². The number of rotatable bonds is 7. The second-order valence-corrected chi connectivity index (χ2v) is 6.38. The summed E-state index contributed by atoms with van der Waals surface area (Å²) < 4.78 is 29.0. The number of anilines is 1. The minimum absolute atomic E-state index is 0.0206. The predicted octanol–water partition coefficient (Wildman–Crippen LogP) is 3.52. The van der Waals surface area contributed by atoms with Crippen LogP contribution in [0.2, 0.25) is 0 Å². The van der Waals surface area contributed by atoms with E-state index in [0.717, 1.165) is 0 Å². The van der Waals surface area contributed by atoms with Gasteiger partial charge in [0, 0.05) is 18.3 Å². The third kappa shape index (κ3) is 7.27. The fourth-order valence-electron chi connectivity index (χ4n) is 2.27. The Morgan fingerprint density at radius 1 is 1.39 bits per heavy atom. The summed E-state index contributed by atoms with van der Waals surface area (Å²) in [7, 11) is 0. The van der Waals surface area contributed by atoms with Crippen LogP contribution in [0.3, 0.4) is 0 Å². The summed E-state index contributed by atoms with van der Waals surface area (Å²) in [6.45, 7) is 4.65. The maximum Gasteiger partial charge on any atom is 0.387 e. The van der Waals surface area contributed by atoms with Gasteiger partial charge in [0.15, 0.2) is 0 Å². The average molecular weight is 330 g/mol. The molecule has 0 fully saturated rings. The zero-order valence-electron chi connectivity index (χ0n) is 13.8. The molecule has 0 spiro atoms. The summed E-state index contributed by atoms with van der Waals surface area (Å²) in [4.78, 5) is 11.9. The Morgan fingerprint density at radius 2 is 2.04 bits per heavy atom. The van der Waals surface area contributed by atoms with E-state index in [-0.39, 0.29) is 11.2 Å². The van der Waals surface area contributed by atoms with E-state index in [1.807, 2.05) is 13.8 Å². The van der Waals surface area contributed by atoms with E-state index in [1.54, 1.807) is 26.0 Å². The number of nitrogens with one attached hydrogen (secondary N) is 2. The number of carbonyl (C=O) groups excluding carboxylic acids is 1. The highest BCUT2D eigenvalue weighted by Crippen LogP contribution is 2.24. The van der Waals surface area contributed by atoms with Crippen molar-refractivity contribution in [2.45, 2.75) is 46.8 Å². The van der Waals surface area contributed by atoms with Crippen molar-refractivity contribution in [2.75, 3.05) is 11.9 Å². The molecular formula is C16H24F2N2O3. The molecule has 0 saturated carbocycles. The van der Waals surface area contributed by atoms with Gasteiger partial charge in [-0.2, -0.15) is 8.78 Å². The third-order valence-corrected chi connectivity index (χ3v) is 3.24. The molecular weight excluding hydrogens is 306 g/mol. The Balaban J connectivity index is 2.60. The monoisotopic (exact) mass is 330 g/mol. The van der Waals surface area contributed by atoms with Crippen LogP contribution in [0.15, 0.2) is 18.2 Å². The number of carbonyl (C=O) groups is 1. The molecule has 0 aliphatic heterocycles. The van der Waals surface area contributed by atoms with E-state index < -0.39 is 18.7 Å². The first-order chi connectivity index (χ1) is 10.6. The van der Waals surface area contributed by atoms with Gasteiger partial charge >= 0.3 is 12.6 Å². The van der Waals surface area contributed by atoms with E-state index in [1.165, 1.54) is 6.07 Å². The highest BCUT2D eigenvalue weighted by atomic mass is 19.3. The van der Waals surface area contributed by atoms with Crippen LogP contribution in [0.25, 0.3) is 0 Å². The molecule has 0 bridgehead atoms. The van der Waals surface area contributed by atoms with Crippen molar-refractivity contribution >= 4 is 11.7 Å². The van der Waals surface area contributed by atoms with Gasteiger partial charge in [0.25, 0.3) is 0 Å². The largest absolute Gasteiger partial charge is 0.434 e. The topological polar surface area (TPSA) is 70.6 Å². The van der Waals surface area contributed by atoms with Crippen molar-refractivity contribution in [2.24, 2.45) is 5.41 Å². The molecule has 1 aromatic carbocycles. The summed E-state index contributed by atoms with van der Waals surface area (Å²) in [5.74, 6) is 0.0206. The van der Waals surface area contributed by atoms with Crippen LogP contribution in [-0.4, -0.2) is 30.4 Å². The number of halogens is 2. The van der Waals surface area contributed by atoms with E-state index in [2.05, 4.69) is 15.4 Å². The SMILES string of the molecule is Cc1ccc(NC(=O)NCC(C)(C)CC(C)O)cc1OC(F)F. The maximum atomic E-state index is 12.3. The molecule has 0 radical (unpaired) electrons. The number of benzene rings is 1. The van der Waals surface area contributed by atoms with Crippen molar-refractivity contribution in [3.05, 3.63) is 23.8 Å². The number of urea groups is 1. The molecule has 130 valence electrons. The minimum atomic E-state index is -2.92. The van der Waals surface area contributed by atoms with Crippen molar-refractivity contribution in [3.8, 4) is 5.75 Å². The molecule has 1 rings (SSSR count). The first-order valence-electron chi connectivity index (χ1n) is 7.37. The second-order valence-electron chi connectivity index (χ2n) is 6.38. The van der Waals surface area contributed by atoms with Gasteiger partial charge in [-0.3, -0.25) is 0 Å². The Kier molecular flexibility index (Phi) is 6.75. The maximum absolute atomic E-state index is 12.3. The number of hydrogen-bond donors (Lipinski definition) is 3. The van der Waals surface area contributed by atoms with Gasteiger partial charge in [-0.1, -0.05) is 19.9 Å². The van der Waals surface area contributed by atoms with Crippen LogP contribution in [-0.2, 0) is 0 Å². The van der Waals surface area contributed by atoms with Gasteiger partial charge in [0.2, 0.25) is 0 Å². The first-order valence-corrected chi connectivity index (χ1v) is 7.37. The summed E-state index contributed by atoms with van der Waals surface area (Å²) in [6.07, 6.45) is 0.0884. The van der Waals surface area contributed by atoms with E-state index in [0.29, 0.717) is 24.2 Å². The molecule has 7 heteroatoms. The van der Waals surface area contributed by atoms with Crippen LogP contribution in [0.1, 0.15) is 32.8 Å². The molecule has 1 atom stereocenters. The number of amides is 2. The zero-order chi connectivity index (χ0) is 17.6. The second kappa shape index (κ2) is 8.10. The van der Waals surface area contributed by atoms with Crippen molar-refractivity contribution < 1.29 is 23.4 Å². The first kappa shape index (κ1) is 19.2. The smallest absolute Gasteiger partial charge is 0.387 e. The van der Waals surface area contributed by atoms with Crippen LogP contribution in [0.5, 0.6) is 5.75 Å². The predicted molar refractivity (Wildman–Crippen MR) is 84.9 cm³/mol. The Labute approximate surface area is 135 Å². The molecule has 1 aromatic rings. The van der Waals surface area contributed by atoms with E-state index in [4.69, 9.17) is 0 Å². The Morgan fingerprint density at radius 3 is 2.61 bits per heavy atom. The highest BCUT2D eigenvalue weighted by molar-refractivity contribution is 5.89. The molecule has 0 saturated heterocycles. The molecule has 0 heterocycles. The molecule has 0 aliphatic rings. The standard InChI is InChI=1S/C16H24F2N2O3/c1-10-5-6-12(7-13(10)23-14(17)18)20-15(22)19-9-16(3,4)8-11(2)21/h5-7,11,14,21H,8-9H2,1-4H3,(H2,19,20,22). The molecule has 23 heavy (non-hydrogen) atoms. The van der Waals surface area contributed by atoms with Gasteiger partial charge in [-0.25, -0.2) is 4.79 Å². The molecule has 0 aromatic heterocycles. The summed E-state index contributed by atoms with van der Waals surface area (Å²) in [5.41, 5.74) is 0.648. The van der Waals surface area contributed by atoms with Gasteiger partial charge in [-0.15, -0.1) is 0 Å². The zero-order valence-corrected chi connectivity index (χ0v) is 13.8. The lowest BCUT2D eigenvalue weighted by Crippen LogP contribution is -2.38. The lowest BCUT2D eigenvalue weighted by atomic mass is 9.87. The number of hydrogen-bond acceptors (Lipinski definition) is 3. The number of ether oxygens (including phenoxy) is 1. The molecule has 0 aliphatic carbocycles. The van der Waals surface area contributed by atoms with E-state index >= 15 is 0 Å². The summed E-state index contributed by atoms with van der Waals surface area (Å²) in [6, 6.07) is 4.09.